The highest BCUT2D eigenvalue weighted by Gasteiger charge is 2.20. The van der Waals surface area contributed by atoms with Crippen LogP contribution in [-0.4, -0.2) is 0 Å². The lowest BCUT2D eigenvalue weighted by atomic mass is 9.97. The molecule has 2 aromatic carbocycles. The zero-order chi connectivity index (χ0) is 11.7. The molecule has 0 unspecified atom stereocenters. The van der Waals surface area contributed by atoms with Gasteiger partial charge in [-0.3, -0.25) is 0 Å². The summed E-state index contributed by atoms with van der Waals surface area (Å²) in [6.45, 7) is 2.11. The van der Waals surface area contributed by atoms with Gasteiger partial charge in [0.1, 0.15) is 11.9 Å². The Morgan fingerprint density at radius 1 is 1.00 bits per heavy atom. The minimum Gasteiger partial charge on any atom is -0.485 e. The predicted octanol–water partition coefficient (Wildman–Crippen LogP) is 4.06. The lowest BCUT2D eigenvalue weighted by Crippen LogP contribution is -2.14. The normalized spacial score (nSPS) is 18.3. The molecule has 1 aliphatic rings. The summed E-state index contributed by atoms with van der Waals surface area (Å²) in [5.41, 5.74) is 3.91. The fourth-order valence-electron chi connectivity index (χ4n) is 2.34. The van der Waals surface area contributed by atoms with Crippen LogP contribution in [-0.2, 0) is 6.42 Å². The highest BCUT2D eigenvalue weighted by molar-refractivity contribution is 5.36. The predicted molar refractivity (Wildman–Crippen MR) is 69.3 cm³/mol. The van der Waals surface area contributed by atoms with Crippen molar-refractivity contribution in [2.24, 2.45) is 0 Å². The van der Waals surface area contributed by atoms with E-state index < -0.39 is 0 Å². The first-order valence-electron chi connectivity index (χ1n) is 6.14. The van der Waals surface area contributed by atoms with Gasteiger partial charge in [0.25, 0.3) is 0 Å². The van der Waals surface area contributed by atoms with Crippen LogP contribution in [0.5, 0.6) is 5.75 Å². The van der Waals surface area contributed by atoms with Gasteiger partial charge in [0.2, 0.25) is 0 Å². The molecule has 17 heavy (non-hydrogen) atoms. The summed E-state index contributed by atoms with van der Waals surface area (Å²) in [5, 5.41) is 0. The van der Waals surface area contributed by atoms with Gasteiger partial charge in [-0.1, -0.05) is 48.0 Å². The SMILES string of the molecule is Cc1ccc([C@H]2CCc3ccccc3O2)cc1. The highest BCUT2D eigenvalue weighted by atomic mass is 16.5. The van der Waals surface area contributed by atoms with Crippen LogP contribution in [0.25, 0.3) is 0 Å². The molecule has 86 valence electrons. The minimum absolute atomic E-state index is 0.213. The van der Waals surface area contributed by atoms with Crippen LogP contribution < -0.4 is 4.74 Å². The Balaban J connectivity index is 1.86. The zero-order valence-electron chi connectivity index (χ0n) is 10.0. The average Bonchev–Trinajstić information content (AvgIpc) is 2.39. The molecule has 1 nitrogen and oxygen atoms in total. The maximum Gasteiger partial charge on any atom is 0.124 e. The van der Waals surface area contributed by atoms with E-state index in [2.05, 4.69) is 49.4 Å². The first-order chi connectivity index (χ1) is 8.33. The maximum absolute atomic E-state index is 6.06. The van der Waals surface area contributed by atoms with Crippen molar-refractivity contribution in [3.63, 3.8) is 0 Å². The van der Waals surface area contributed by atoms with Crippen molar-refractivity contribution >= 4 is 0 Å². The summed E-state index contributed by atoms with van der Waals surface area (Å²) in [4.78, 5) is 0. The van der Waals surface area contributed by atoms with Crippen LogP contribution in [0, 0.1) is 6.92 Å². The molecule has 0 spiro atoms. The lowest BCUT2D eigenvalue weighted by Gasteiger charge is -2.26. The smallest absolute Gasteiger partial charge is 0.124 e. The summed E-state index contributed by atoms with van der Waals surface area (Å²) >= 11 is 0. The number of para-hydroxylation sites is 1. The van der Waals surface area contributed by atoms with E-state index in [-0.39, 0.29) is 6.10 Å². The van der Waals surface area contributed by atoms with E-state index in [0.717, 1.165) is 18.6 Å². The summed E-state index contributed by atoms with van der Waals surface area (Å²) in [7, 11) is 0. The molecule has 2 aromatic rings. The Labute approximate surface area is 102 Å². The van der Waals surface area contributed by atoms with E-state index >= 15 is 0 Å². The molecular weight excluding hydrogens is 208 g/mol. The molecule has 0 fully saturated rings. The van der Waals surface area contributed by atoms with Gasteiger partial charge in [-0.05, 0) is 37.0 Å². The molecule has 1 atom stereocenters. The topological polar surface area (TPSA) is 9.23 Å². The first-order valence-corrected chi connectivity index (χ1v) is 6.14. The Morgan fingerprint density at radius 2 is 1.76 bits per heavy atom. The molecule has 1 heterocycles. The summed E-state index contributed by atoms with van der Waals surface area (Å²) < 4.78 is 6.06. The number of fused-ring (bicyclic) bond motifs is 1. The quantitative estimate of drug-likeness (QED) is 0.709. The third kappa shape index (κ3) is 2.05. The van der Waals surface area contributed by atoms with Gasteiger partial charge in [0.15, 0.2) is 0 Å². The lowest BCUT2D eigenvalue weighted by molar-refractivity contribution is 0.176. The number of benzene rings is 2. The molecule has 0 saturated carbocycles. The average molecular weight is 224 g/mol. The van der Waals surface area contributed by atoms with Crippen LogP contribution in [0.2, 0.25) is 0 Å². The first kappa shape index (κ1) is 10.4. The van der Waals surface area contributed by atoms with Crippen molar-refractivity contribution in [1.82, 2.24) is 0 Å². The third-order valence-corrected chi connectivity index (χ3v) is 3.37. The van der Waals surface area contributed by atoms with Crippen LogP contribution in [0.1, 0.15) is 29.2 Å². The Bertz CT molecular complexity index is 513. The molecule has 0 bridgehead atoms. The molecule has 0 N–H and O–H groups in total. The fraction of sp³-hybridized carbons (Fsp3) is 0.250. The van der Waals surface area contributed by atoms with Crippen molar-refractivity contribution in [3.8, 4) is 5.75 Å². The molecule has 0 aromatic heterocycles. The number of hydrogen-bond donors (Lipinski definition) is 0. The van der Waals surface area contributed by atoms with E-state index in [0.29, 0.717) is 0 Å². The van der Waals surface area contributed by atoms with E-state index in [1.54, 1.807) is 0 Å². The fourth-order valence-corrected chi connectivity index (χ4v) is 2.34. The van der Waals surface area contributed by atoms with Crippen LogP contribution >= 0.6 is 0 Å². The summed E-state index contributed by atoms with van der Waals surface area (Å²) in [5.74, 6) is 1.05. The van der Waals surface area contributed by atoms with Gasteiger partial charge in [-0.2, -0.15) is 0 Å². The molecule has 0 amide bonds. The van der Waals surface area contributed by atoms with E-state index in [9.17, 15) is 0 Å². The molecule has 0 saturated heterocycles. The number of ether oxygens (including phenoxy) is 1. The molecule has 0 aliphatic carbocycles. The van der Waals surface area contributed by atoms with E-state index in [1.807, 2.05) is 6.07 Å². The Hall–Kier alpha value is -1.76. The van der Waals surface area contributed by atoms with E-state index in [1.165, 1.54) is 16.7 Å². The molecular formula is C16H16O. The Kier molecular flexibility index (Phi) is 2.60. The monoisotopic (exact) mass is 224 g/mol. The van der Waals surface area contributed by atoms with Gasteiger partial charge in [-0.15, -0.1) is 0 Å². The van der Waals surface area contributed by atoms with E-state index in [4.69, 9.17) is 4.74 Å². The third-order valence-electron chi connectivity index (χ3n) is 3.37. The number of rotatable bonds is 1. The van der Waals surface area contributed by atoms with Crippen LogP contribution in [0.4, 0.5) is 0 Å². The highest BCUT2D eigenvalue weighted by Crippen LogP contribution is 2.34. The van der Waals surface area contributed by atoms with Gasteiger partial charge in [0.05, 0.1) is 0 Å². The molecule has 0 radical (unpaired) electrons. The van der Waals surface area contributed by atoms with Crippen molar-refractivity contribution in [2.75, 3.05) is 0 Å². The van der Waals surface area contributed by atoms with Gasteiger partial charge < -0.3 is 4.74 Å². The van der Waals surface area contributed by atoms with Crippen molar-refractivity contribution in [3.05, 3.63) is 65.2 Å². The summed E-state index contributed by atoms with van der Waals surface area (Å²) in [6, 6.07) is 17.0. The summed E-state index contributed by atoms with van der Waals surface area (Å²) in [6.07, 6.45) is 2.39. The standard InChI is InChI=1S/C16H16O/c1-12-6-8-14(9-7-12)16-11-10-13-4-2-3-5-15(13)17-16/h2-9,16H,10-11H2,1H3/t16-/m1/s1. The van der Waals surface area contributed by atoms with Gasteiger partial charge in [0, 0.05) is 0 Å². The molecule has 1 heteroatoms. The maximum atomic E-state index is 6.06. The van der Waals surface area contributed by atoms with Crippen molar-refractivity contribution < 1.29 is 4.74 Å². The molecule has 3 rings (SSSR count). The van der Waals surface area contributed by atoms with Gasteiger partial charge in [-0.25, -0.2) is 0 Å². The number of aryl methyl sites for hydroxylation is 2. The second-order valence-corrected chi connectivity index (χ2v) is 4.66. The largest absolute Gasteiger partial charge is 0.485 e. The second kappa shape index (κ2) is 4.25. The van der Waals surface area contributed by atoms with Crippen molar-refractivity contribution in [1.29, 1.82) is 0 Å². The van der Waals surface area contributed by atoms with Crippen LogP contribution in [0.3, 0.4) is 0 Å². The molecule has 1 aliphatic heterocycles. The Morgan fingerprint density at radius 3 is 2.59 bits per heavy atom. The minimum atomic E-state index is 0.213. The van der Waals surface area contributed by atoms with Crippen LogP contribution in [0.15, 0.2) is 48.5 Å². The van der Waals surface area contributed by atoms with Gasteiger partial charge >= 0.3 is 0 Å². The second-order valence-electron chi connectivity index (χ2n) is 4.66. The number of hydrogen-bond acceptors (Lipinski definition) is 1. The zero-order valence-corrected chi connectivity index (χ0v) is 10.0. The van der Waals surface area contributed by atoms with Crippen molar-refractivity contribution in [2.45, 2.75) is 25.9 Å².